The standard InChI is InChI=1S/C11H10INO4/c12-11(9(14)15)7-13(11)10(16)17-6-8-4-2-1-3-5-8/h1-5H,6-7H2,(H,14,15)/t11-,13?/m0/s1. The molecular weight excluding hydrogens is 337 g/mol. The number of ether oxygens (including phenoxy) is 1. The Labute approximate surface area is 112 Å². The predicted octanol–water partition coefficient (Wildman–Crippen LogP) is 1.85. The SMILES string of the molecule is O=C(OCc1ccccc1)N1C[C@@]1(I)C(=O)O. The van der Waals surface area contributed by atoms with Crippen molar-refractivity contribution in [3.05, 3.63) is 35.9 Å². The highest BCUT2D eigenvalue weighted by molar-refractivity contribution is 14.1. The summed E-state index contributed by atoms with van der Waals surface area (Å²) in [7, 11) is 0. The van der Waals surface area contributed by atoms with Crippen LogP contribution in [0.5, 0.6) is 0 Å². The number of rotatable bonds is 3. The Kier molecular flexibility index (Phi) is 3.23. The van der Waals surface area contributed by atoms with Crippen LogP contribution in [0.2, 0.25) is 0 Å². The highest BCUT2D eigenvalue weighted by Crippen LogP contribution is 2.40. The van der Waals surface area contributed by atoms with Crippen LogP contribution in [-0.4, -0.2) is 32.2 Å². The van der Waals surface area contributed by atoms with Gasteiger partial charge in [0.05, 0.1) is 6.54 Å². The molecule has 0 aromatic heterocycles. The summed E-state index contributed by atoms with van der Waals surface area (Å²) < 4.78 is 3.90. The first-order valence-corrected chi connectivity index (χ1v) is 6.02. The fourth-order valence-corrected chi connectivity index (χ4v) is 1.90. The molecule has 1 fully saturated rings. The van der Waals surface area contributed by atoms with Crippen molar-refractivity contribution >= 4 is 34.7 Å². The monoisotopic (exact) mass is 347 g/mol. The first-order chi connectivity index (χ1) is 8.04. The highest BCUT2D eigenvalue weighted by atomic mass is 127. The Morgan fingerprint density at radius 3 is 2.59 bits per heavy atom. The fourth-order valence-electron chi connectivity index (χ4n) is 1.36. The van der Waals surface area contributed by atoms with E-state index in [0.717, 1.165) is 5.56 Å². The zero-order valence-electron chi connectivity index (χ0n) is 8.80. The van der Waals surface area contributed by atoms with Gasteiger partial charge in [-0.25, -0.2) is 9.59 Å². The Balaban J connectivity index is 1.86. The molecule has 1 N–H and O–H groups in total. The molecule has 1 atom stereocenters. The van der Waals surface area contributed by atoms with Gasteiger partial charge < -0.3 is 9.84 Å². The van der Waals surface area contributed by atoms with Gasteiger partial charge in [0.25, 0.3) is 0 Å². The lowest BCUT2D eigenvalue weighted by molar-refractivity contribution is -0.137. The molecule has 1 saturated heterocycles. The Hall–Kier alpha value is -1.31. The van der Waals surface area contributed by atoms with Crippen molar-refractivity contribution in [3.8, 4) is 0 Å². The van der Waals surface area contributed by atoms with Crippen LogP contribution in [0, 0.1) is 0 Å². The van der Waals surface area contributed by atoms with Gasteiger partial charge >= 0.3 is 12.1 Å². The van der Waals surface area contributed by atoms with Crippen molar-refractivity contribution in [2.75, 3.05) is 6.54 Å². The maximum absolute atomic E-state index is 11.5. The van der Waals surface area contributed by atoms with E-state index in [-0.39, 0.29) is 13.2 Å². The second-order valence-electron chi connectivity index (χ2n) is 3.69. The van der Waals surface area contributed by atoms with Crippen LogP contribution in [-0.2, 0) is 16.1 Å². The Morgan fingerprint density at radius 2 is 2.06 bits per heavy atom. The molecule has 2 rings (SSSR count). The molecule has 0 spiro atoms. The summed E-state index contributed by atoms with van der Waals surface area (Å²) in [5.41, 5.74) is 0.872. The lowest BCUT2D eigenvalue weighted by atomic mass is 10.2. The van der Waals surface area contributed by atoms with Gasteiger partial charge in [-0.15, -0.1) is 0 Å². The molecule has 6 heteroatoms. The average molecular weight is 347 g/mol. The van der Waals surface area contributed by atoms with Gasteiger partial charge in [0.2, 0.25) is 3.55 Å². The quantitative estimate of drug-likeness (QED) is 0.392. The van der Waals surface area contributed by atoms with Crippen LogP contribution < -0.4 is 0 Å². The molecular formula is C11H10INO4. The van der Waals surface area contributed by atoms with Crippen LogP contribution in [0.3, 0.4) is 0 Å². The molecule has 0 saturated carbocycles. The van der Waals surface area contributed by atoms with Crippen molar-refractivity contribution in [2.45, 2.75) is 10.2 Å². The summed E-state index contributed by atoms with van der Waals surface area (Å²) in [5.74, 6) is -1.02. The number of carbonyl (C=O) groups excluding carboxylic acids is 1. The number of carboxylic acid groups (broad SMARTS) is 1. The molecule has 1 aromatic rings. The van der Waals surface area contributed by atoms with Crippen molar-refractivity contribution in [1.29, 1.82) is 0 Å². The minimum atomic E-state index is -1.12. The summed E-state index contributed by atoms with van der Waals surface area (Å²) in [6, 6.07) is 9.24. The first kappa shape index (κ1) is 12.2. The Bertz CT molecular complexity index is 450. The number of alkyl halides is 1. The van der Waals surface area contributed by atoms with E-state index >= 15 is 0 Å². The summed E-state index contributed by atoms with van der Waals surface area (Å²) in [4.78, 5) is 23.5. The van der Waals surface area contributed by atoms with Gasteiger partial charge in [-0.05, 0) is 28.2 Å². The van der Waals surface area contributed by atoms with Gasteiger partial charge in [-0.3, -0.25) is 4.90 Å². The number of halogens is 1. The number of aliphatic carboxylic acids is 1. The third kappa shape index (κ3) is 2.51. The zero-order valence-corrected chi connectivity index (χ0v) is 11.0. The molecule has 1 aliphatic heterocycles. The summed E-state index contributed by atoms with van der Waals surface area (Å²) in [6.07, 6.45) is -0.592. The molecule has 5 nitrogen and oxygen atoms in total. The molecule has 0 aliphatic carbocycles. The minimum absolute atomic E-state index is 0.155. The van der Waals surface area contributed by atoms with E-state index in [4.69, 9.17) is 9.84 Å². The molecule has 1 heterocycles. The fraction of sp³-hybridized carbons (Fsp3) is 0.273. The highest BCUT2D eigenvalue weighted by Gasteiger charge is 2.60. The first-order valence-electron chi connectivity index (χ1n) is 4.94. The molecule has 90 valence electrons. The molecule has 1 aromatic carbocycles. The van der Waals surface area contributed by atoms with E-state index in [0.29, 0.717) is 0 Å². The summed E-state index contributed by atoms with van der Waals surface area (Å²) >= 11 is 1.73. The van der Waals surface area contributed by atoms with Gasteiger partial charge in [-0.2, -0.15) is 0 Å². The number of hydrogen-bond acceptors (Lipinski definition) is 3. The molecule has 0 radical (unpaired) electrons. The lowest BCUT2D eigenvalue weighted by Crippen LogP contribution is -2.26. The second-order valence-corrected chi connectivity index (χ2v) is 5.48. The van der Waals surface area contributed by atoms with E-state index in [1.807, 2.05) is 30.3 Å². The third-order valence-electron chi connectivity index (χ3n) is 2.45. The van der Waals surface area contributed by atoms with Crippen LogP contribution in [0.4, 0.5) is 4.79 Å². The van der Waals surface area contributed by atoms with Crippen molar-refractivity contribution < 1.29 is 19.4 Å². The van der Waals surface area contributed by atoms with Crippen LogP contribution in [0.15, 0.2) is 30.3 Å². The number of nitrogens with zero attached hydrogens (tertiary/aromatic N) is 1. The number of carbonyl (C=O) groups is 2. The largest absolute Gasteiger partial charge is 0.479 e. The summed E-state index contributed by atoms with van der Waals surface area (Å²) in [5, 5.41) is 8.86. The molecule has 1 aliphatic rings. The minimum Gasteiger partial charge on any atom is -0.479 e. The molecule has 17 heavy (non-hydrogen) atoms. The topological polar surface area (TPSA) is 66.6 Å². The van der Waals surface area contributed by atoms with E-state index in [9.17, 15) is 9.59 Å². The number of carboxylic acids is 1. The van der Waals surface area contributed by atoms with E-state index in [1.165, 1.54) is 4.90 Å². The average Bonchev–Trinajstić information content (AvgIpc) is 3.02. The van der Waals surface area contributed by atoms with Crippen LogP contribution in [0.25, 0.3) is 0 Å². The lowest BCUT2D eigenvalue weighted by Gasteiger charge is -2.08. The summed E-state index contributed by atoms with van der Waals surface area (Å²) in [6.45, 7) is 0.346. The maximum Gasteiger partial charge on any atom is 0.411 e. The van der Waals surface area contributed by atoms with Crippen molar-refractivity contribution in [2.24, 2.45) is 0 Å². The van der Waals surface area contributed by atoms with E-state index < -0.39 is 15.6 Å². The Morgan fingerprint density at radius 1 is 1.41 bits per heavy atom. The third-order valence-corrected chi connectivity index (χ3v) is 3.83. The van der Waals surface area contributed by atoms with Crippen molar-refractivity contribution in [3.63, 3.8) is 0 Å². The van der Waals surface area contributed by atoms with Gasteiger partial charge in [0.1, 0.15) is 6.61 Å². The molecule has 0 unspecified atom stereocenters. The zero-order chi connectivity index (χ0) is 12.5. The normalized spacial score (nSPS) is 22.1. The second kappa shape index (κ2) is 4.52. The number of amides is 1. The molecule has 0 bridgehead atoms. The maximum atomic E-state index is 11.5. The van der Waals surface area contributed by atoms with Gasteiger partial charge in [0, 0.05) is 0 Å². The van der Waals surface area contributed by atoms with Gasteiger partial charge in [0.15, 0.2) is 0 Å². The predicted molar refractivity (Wildman–Crippen MR) is 67.7 cm³/mol. The number of benzene rings is 1. The van der Waals surface area contributed by atoms with E-state index in [2.05, 4.69) is 0 Å². The van der Waals surface area contributed by atoms with E-state index in [1.54, 1.807) is 22.6 Å². The van der Waals surface area contributed by atoms with Crippen LogP contribution >= 0.6 is 22.6 Å². The van der Waals surface area contributed by atoms with Crippen LogP contribution in [0.1, 0.15) is 5.56 Å². The van der Waals surface area contributed by atoms with Crippen molar-refractivity contribution in [1.82, 2.24) is 4.90 Å². The molecule has 1 amide bonds. The number of hydrogen-bond donors (Lipinski definition) is 1. The van der Waals surface area contributed by atoms with Gasteiger partial charge in [-0.1, -0.05) is 30.3 Å². The smallest absolute Gasteiger partial charge is 0.411 e.